The molecule has 0 spiro atoms. The number of amides is 2. The second-order valence-electron chi connectivity index (χ2n) is 10.6. The van der Waals surface area contributed by atoms with Crippen molar-refractivity contribution < 1.29 is 14.0 Å². The van der Waals surface area contributed by atoms with Crippen LogP contribution in [0.4, 0.5) is 4.39 Å². The van der Waals surface area contributed by atoms with Crippen LogP contribution in [-0.4, -0.2) is 57.6 Å². The molecule has 3 aromatic carbocycles. The fraction of sp³-hybridized carbons (Fsp3) is 0.281. The smallest absolute Gasteiger partial charge is 0.257 e. The van der Waals surface area contributed by atoms with Crippen molar-refractivity contribution in [1.82, 2.24) is 19.6 Å². The summed E-state index contributed by atoms with van der Waals surface area (Å²) in [5.41, 5.74) is 3.92. The van der Waals surface area contributed by atoms with Crippen LogP contribution in [0.3, 0.4) is 0 Å². The number of nitrogens with zero attached hydrogens (tertiary/aromatic N) is 4. The van der Waals surface area contributed by atoms with Crippen LogP contribution < -0.4 is 0 Å². The van der Waals surface area contributed by atoms with Gasteiger partial charge in [-0.1, -0.05) is 48.0 Å². The van der Waals surface area contributed by atoms with Crippen molar-refractivity contribution in [2.24, 2.45) is 0 Å². The summed E-state index contributed by atoms with van der Waals surface area (Å²) in [7, 11) is 0. The molecule has 4 aromatic rings. The zero-order valence-corrected chi connectivity index (χ0v) is 22.8. The Bertz CT molecular complexity index is 1510. The predicted molar refractivity (Wildman–Crippen MR) is 153 cm³/mol. The van der Waals surface area contributed by atoms with E-state index in [-0.39, 0.29) is 17.7 Å². The Balaban J connectivity index is 1.25. The molecule has 2 aliphatic rings. The second-order valence-corrected chi connectivity index (χ2v) is 11.0. The minimum atomic E-state index is -0.424. The number of piperidine rings is 1. The topological polar surface area (TPSA) is 58.4 Å². The molecular formula is C32H30ClFN4O2. The molecule has 2 saturated heterocycles. The van der Waals surface area contributed by atoms with Crippen LogP contribution in [-0.2, 0) is 0 Å². The Morgan fingerprint density at radius 1 is 0.800 bits per heavy atom. The lowest BCUT2D eigenvalue weighted by Crippen LogP contribution is -2.39. The van der Waals surface area contributed by atoms with Crippen molar-refractivity contribution in [3.63, 3.8) is 0 Å². The Labute approximate surface area is 238 Å². The summed E-state index contributed by atoms with van der Waals surface area (Å²) < 4.78 is 15.6. The van der Waals surface area contributed by atoms with Gasteiger partial charge in [0.15, 0.2) is 0 Å². The first-order chi connectivity index (χ1) is 19.5. The molecule has 40 heavy (non-hydrogen) atoms. The lowest BCUT2D eigenvalue weighted by atomic mass is 9.90. The van der Waals surface area contributed by atoms with Crippen molar-refractivity contribution >= 4 is 23.4 Å². The van der Waals surface area contributed by atoms with Crippen LogP contribution in [0.5, 0.6) is 0 Å². The highest BCUT2D eigenvalue weighted by atomic mass is 35.5. The molecule has 2 amide bonds. The predicted octanol–water partition coefficient (Wildman–Crippen LogP) is 6.31. The molecule has 0 saturated carbocycles. The average molecular weight is 557 g/mol. The number of hydrogen-bond acceptors (Lipinski definition) is 3. The van der Waals surface area contributed by atoms with Crippen LogP contribution in [0, 0.1) is 5.82 Å². The first-order valence-electron chi connectivity index (χ1n) is 13.7. The summed E-state index contributed by atoms with van der Waals surface area (Å²) in [5, 5.41) is 5.30. The van der Waals surface area contributed by atoms with Gasteiger partial charge in [0.25, 0.3) is 11.8 Å². The fourth-order valence-electron chi connectivity index (χ4n) is 5.98. The van der Waals surface area contributed by atoms with E-state index < -0.39 is 5.82 Å². The molecule has 0 unspecified atom stereocenters. The van der Waals surface area contributed by atoms with E-state index in [0.717, 1.165) is 17.8 Å². The number of rotatable bonds is 5. The first kappa shape index (κ1) is 26.3. The van der Waals surface area contributed by atoms with E-state index in [9.17, 15) is 14.0 Å². The zero-order chi connectivity index (χ0) is 27.6. The molecule has 1 aromatic heterocycles. The van der Waals surface area contributed by atoms with E-state index in [1.807, 2.05) is 52.0 Å². The van der Waals surface area contributed by atoms with E-state index in [1.165, 1.54) is 17.7 Å². The Morgan fingerprint density at radius 2 is 1.50 bits per heavy atom. The van der Waals surface area contributed by atoms with Gasteiger partial charge >= 0.3 is 0 Å². The van der Waals surface area contributed by atoms with Gasteiger partial charge in [0.05, 0.1) is 23.1 Å². The molecule has 0 aliphatic carbocycles. The summed E-state index contributed by atoms with van der Waals surface area (Å²) in [5.74, 6) is -0.262. The van der Waals surface area contributed by atoms with Gasteiger partial charge in [-0.3, -0.25) is 9.59 Å². The first-order valence-corrected chi connectivity index (χ1v) is 14.1. The fourth-order valence-corrected chi connectivity index (χ4v) is 6.10. The number of hydrogen-bond donors (Lipinski definition) is 0. The molecule has 8 heteroatoms. The summed E-state index contributed by atoms with van der Waals surface area (Å²) in [6.07, 6.45) is 3.96. The molecule has 2 fully saturated rings. The summed E-state index contributed by atoms with van der Waals surface area (Å²) >= 11 is 6.15. The Hall–Kier alpha value is -3.97. The maximum Gasteiger partial charge on any atom is 0.257 e. The van der Waals surface area contributed by atoms with Crippen LogP contribution in [0.1, 0.15) is 63.1 Å². The highest BCUT2D eigenvalue weighted by Crippen LogP contribution is 2.35. The molecular weight excluding hydrogens is 527 g/mol. The molecule has 3 heterocycles. The van der Waals surface area contributed by atoms with Crippen molar-refractivity contribution in [3.8, 4) is 5.69 Å². The van der Waals surface area contributed by atoms with Crippen LogP contribution in [0.25, 0.3) is 5.69 Å². The van der Waals surface area contributed by atoms with Gasteiger partial charge in [0.1, 0.15) is 5.82 Å². The molecule has 0 N–H and O–H groups in total. The Kier molecular flexibility index (Phi) is 7.39. The van der Waals surface area contributed by atoms with E-state index >= 15 is 0 Å². The van der Waals surface area contributed by atoms with Crippen LogP contribution in [0.2, 0.25) is 5.02 Å². The van der Waals surface area contributed by atoms with Gasteiger partial charge in [-0.25, -0.2) is 9.07 Å². The van der Waals surface area contributed by atoms with Crippen molar-refractivity contribution in [2.75, 3.05) is 26.2 Å². The highest BCUT2D eigenvalue weighted by Gasteiger charge is 2.34. The van der Waals surface area contributed by atoms with Gasteiger partial charge in [0, 0.05) is 48.6 Å². The summed E-state index contributed by atoms with van der Waals surface area (Å²) in [4.78, 5) is 30.7. The SMILES string of the molecule is O=C(c1cccc(F)c1)N1CCC(c2c(C(=O)N3CC[C@H](c4ccccc4)C3)cnn2-c2ccc(Cl)cc2)CC1. The summed E-state index contributed by atoms with van der Waals surface area (Å²) in [6.45, 7) is 2.40. The third-order valence-corrected chi connectivity index (χ3v) is 8.35. The van der Waals surface area contributed by atoms with Crippen LogP contribution in [0.15, 0.2) is 85.1 Å². The lowest BCUT2D eigenvalue weighted by molar-refractivity contribution is 0.0706. The quantitative estimate of drug-likeness (QED) is 0.289. The molecule has 0 radical (unpaired) electrons. The van der Waals surface area contributed by atoms with Gasteiger partial charge < -0.3 is 9.80 Å². The third kappa shape index (κ3) is 5.26. The molecule has 204 valence electrons. The zero-order valence-electron chi connectivity index (χ0n) is 22.0. The van der Waals surface area contributed by atoms with Crippen LogP contribution >= 0.6 is 11.6 Å². The molecule has 6 rings (SSSR count). The van der Waals surface area contributed by atoms with Gasteiger partial charge in [-0.15, -0.1) is 0 Å². The lowest BCUT2D eigenvalue weighted by Gasteiger charge is -2.33. The van der Waals surface area contributed by atoms with E-state index in [0.29, 0.717) is 61.1 Å². The average Bonchev–Trinajstić information content (AvgIpc) is 3.66. The third-order valence-electron chi connectivity index (χ3n) is 8.09. The van der Waals surface area contributed by atoms with Gasteiger partial charge in [-0.05, 0) is 67.3 Å². The minimum absolute atomic E-state index is 0.00749. The van der Waals surface area contributed by atoms with Gasteiger partial charge in [0.2, 0.25) is 0 Å². The summed E-state index contributed by atoms with van der Waals surface area (Å²) in [6, 6.07) is 23.6. The maximum absolute atomic E-state index is 13.9. The number of carbonyl (C=O) groups is 2. The Morgan fingerprint density at radius 3 is 2.23 bits per heavy atom. The number of likely N-dealkylation sites (tertiary alicyclic amines) is 2. The number of carbonyl (C=O) groups excluding carboxylic acids is 2. The number of halogens is 2. The standard InChI is InChI=1S/C32H30ClFN4O2/c33-26-9-11-28(12-10-26)38-30(23-13-16-36(17-14-23)31(39)24-7-4-8-27(34)19-24)29(20-35-38)32(40)37-18-15-25(21-37)22-5-2-1-3-6-22/h1-12,19-20,23,25H,13-18,21H2/t25-/m0/s1. The molecule has 1 atom stereocenters. The normalized spacial score (nSPS) is 17.8. The second kappa shape index (κ2) is 11.3. The molecule has 2 aliphatic heterocycles. The van der Waals surface area contributed by atoms with E-state index in [1.54, 1.807) is 23.2 Å². The monoisotopic (exact) mass is 556 g/mol. The minimum Gasteiger partial charge on any atom is -0.339 e. The van der Waals surface area contributed by atoms with Gasteiger partial charge in [-0.2, -0.15) is 5.10 Å². The van der Waals surface area contributed by atoms with Crippen molar-refractivity contribution in [1.29, 1.82) is 0 Å². The molecule has 6 nitrogen and oxygen atoms in total. The largest absolute Gasteiger partial charge is 0.339 e. The van der Waals surface area contributed by atoms with Crippen molar-refractivity contribution in [3.05, 3.63) is 118 Å². The number of aromatic nitrogens is 2. The van der Waals surface area contributed by atoms with Crippen molar-refractivity contribution in [2.45, 2.75) is 31.1 Å². The number of benzene rings is 3. The van der Waals surface area contributed by atoms with E-state index in [2.05, 4.69) is 17.2 Å². The maximum atomic E-state index is 13.9. The highest BCUT2D eigenvalue weighted by molar-refractivity contribution is 6.30. The van der Waals surface area contributed by atoms with E-state index in [4.69, 9.17) is 11.6 Å². The molecule has 0 bridgehead atoms.